The number of rotatable bonds is 2. The average Bonchev–Trinajstić information content (AvgIpc) is 3.25. The van der Waals surface area contributed by atoms with Crippen LogP contribution in [0.5, 0.6) is 0 Å². The van der Waals surface area contributed by atoms with Gasteiger partial charge in [-0.2, -0.15) is 5.10 Å². The predicted octanol–water partition coefficient (Wildman–Crippen LogP) is 3.28. The molecule has 0 fully saturated rings. The molecule has 0 atom stereocenters. The van der Waals surface area contributed by atoms with Crippen molar-refractivity contribution in [3.8, 4) is 17.5 Å². The van der Waals surface area contributed by atoms with Gasteiger partial charge in [-0.15, -0.1) is 11.3 Å². The average molecular weight is 378 g/mol. The van der Waals surface area contributed by atoms with Gasteiger partial charge in [-0.1, -0.05) is 24.8 Å². The van der Waals surface area contributed by atoms with Crippen molar-refractivity contribution < 1.29 is 4.39 Å². The van der Waals surface area contributed by atoms with Crippen molar-refractivity contribution in [2.24, 2.45) is 7.05 Å². The highest BCUT2D eigenvalue weighted by Gasteiger charge is 2.16. The highest BCUT2D eigenvalue weighted by Crippen LogP contribution is 2.23. The topological polar surface area (TPSA) is 52.7 Å². The van der Waals surface area contributed by atoms with Gasteiger partial charge in [-0.05, 0) is 18.2 Å². The molecular weight excluding hydrogens is 363 g/mol. The molecule has 3 aromatic heterocycles. The van der Waals surface area contributed by atoms with Gasteiger partial charge in [-0.3, -0.25) is 14.0 Å². The first-order chi connectivity index (χ1) is 13.1. The second-order valence-corrected chi connectivity index (χ2v) is 6.84. The van der Waals surface area contributed by atoms with Gasteiger partial charge >= 0.3 is 0 Å². The van der Waals surface area contributed by atoms with Crippen molar-refractivity contribution in [1.82, 2.24) is 19.3 Å². The summed E-state index contributed by atoms with van der Waals surface area (Å²) in [6.45, 7) is 1.92. The van der Waals surface area contributed by atoms with Gasteiger partial charge in [0.05, 0.1) is 28.4 Å². The minimum Gasteiger partial charge on any atom is -0.275 e. The fourth-order valence-corrected chi connectivity index (χ4v) is 3.75. The molecule has 0 aliphatic rings. The summed E-state index contributed by atoms with van der Waals surface area (Å²) < 4.78 is 16.8. The zero-order valence-electron chi connectivity index (χ0n) is 14.7. The summed E-state index contributed by atoms with van der Waals surface area (Å²) in [5, 5.41) is 6.37. The van der Waals surface area contributed by atoms with Gasteiger partial charge in [0.15, 0.2) is 0 Å². The third-order valence-corrected chi connectivity index (χ3v) is 4.98. The molecule has 4 aromatic rings. The highest BCUT2D eigenvalue weighted by atomic mass is 32.1. The molecule has 0 spiro atoms. The lowest BCUT2D eigenvalue weighted by Crippen LogP contribution is -2.23. The summed E-state index contributed by atoms with van der Waals surface area (Å²) >= 11 is 1.38. The minimum absolute atomic E-state index is 0.237. The monoisotopic (exact) mass is 378 g/mol. The normalized spacial score (nSPS) is 10.8. The van der Waals surface area contributed by atoms with Crippen molar-refractivity contribution >= 4 is 21.6 Å². The molecule has 0 aliphatic heterocycles. The van der Waals surface area contributed by atoms with Crippen LogP contribution in [0.2, 0.25) is 0 Å². The first kappa shape index (κ1) is 17.2. The lowest BCUT2D eigenvalue weighted by Gasteiger charge is -2.11. The molecule has 0 radical (unpaired) electrons. The molecule has 0 N–H and O–H groups in total. The summed E-state index contributed by atoms with van der Waals surface area (Å²) in [6.07, 6.45) is 4.02. The van der Waals surface area contributed by atoms with E-state index in [9.17, 15) is 9.18 Å². The zero-order chi connectivity index (χ0) is 19.0. The van der Waals surface area contributed by atoms with E-state index in [-0.39, 0.29) is 5.56 Å². The van der Waals surface area contributed by atoms with Crippen LogP contribution < -0.4 is 5.56 Å². The number of nitrogens with zero attached hydrogens (tertiary/aromatic N) is 4. The SMILES string of the molecule is CCc1nc2scc(C#Cc3cnn(C)c3)c2c(=O)n1-c1cccc(F)c1. The molecular formula is C20H15FN4OS. The Morgan fingerprint density at radius 2 is 2.15 bits per heavy atom. The van der Waals surface area contributed by atoms with Crippen LogP contribution in [0, 0.1) is 17.7 Å². The maximum absolute atomic E-state index is 13.7. The molecule has 0 aliphatic carbocycles. The Morgan fingerprint density at radius 1 is 1.30 bits per heavy atom. The van der Waals surface area contributed by atoms with E-state index in [4.69, 9.17) is 0 Å². The van der Waals surface area contributed by atoms with Crippen molar-refractivity contribution in [1.29, 1.82) is 0 Å². The standard InChI is InChI=1S/C20H15FN4OS/c1-3-17-23-19-18(20(26)25(17)16-6-4-5-15(21)9-16)14(12-27-19)8-7-13-10-22-24(2)11-13/h4-6,9-12H,3H2,1-2H3. The number of aromatic nitrogens is 4. The lowest BCUT2D eigenvalue weighted by atomic mass is 10.2. The zero-order valence-corrected chi connectivity index (χ0v) is 15.5. The molecule has 0 amide bonds. The van der Waals surface area contributed by atoms with E-state index in [2.05, 4.69) is 21.9 Å². The van der Waals surface area contributed by atoms with E-state index in [0.717, 1.165) is 5.56 Å². The lowest BCUT2D eigenvalue weighted by molar-refractivity contribution is 0.625. The highest BCUT2D eigenvalue weighted by molar-refractivity contribution is 7.17. The summed E-state index contributed by atoms with van der Waals surface area (Å²) in [4.78, 5) is 18.5. The smallest absolute Gasteiger partial charge is 0.268 e. The Morgan fingerprint density at radius 3 is 2.85 bits per heavy atom. The number of halogens is 1. The second-order valence-electron chi connectivity index (χ2n) is 5.98. The molecule has 0 bridgehead atoms. The number of fused-ring (bicyclic) bond motifs is 1. The summed E-state index contributed by atoms with van der Waals surface area (Å²) in [5.41, 5.74) is 1.60. The van der Waals surface area contributed by atoms with E-state index in [1.807, 2.05) is 19.4 Å². The molecule has 27 heavy (non-hydrogen) atoms. The second kappa shape index (κ2) is 6.82. The minimum atomic E-state index is -0.400. The Hall–Kier alpha value is -3.24. The van der Waals surface area contributed by atoms with Crippen molar-refractivity contribution in [3.05, 3.63) is 75.2 Å². The largest absolute Gasteiger partial charge is 0.275 e. The number of aryl methyl sites for hydroxylation is 2. The van der Waals surface area contributed by atoms with E-state index in [1.165, 1.54) is 28.0 Å². The quantitative estimate of drug-likeness (QED) is 0.503. The maximum Gasteiger partial charge on any atom is 0.268 e. The molecule has 0 saturated heterocycles. The number of hydrogen-bond donors (Lipinski definition) is 0. The molecule has 7 heteroatoms. The summed E-state index contributed by atoms with van der Waals surface area (Å²) in [6, 6.07) is 5.96. The van der Waals surface area contributed by atoms with Crippen LogP contribution in [0.25, 0.3) is 15.9 Å². The molecule has 0 unspecified atom stereocenters. The Balaban J connectivity index is 1.93. The fraction of sp³-hybridized carbons (Fsp3) is 0.150. The van der Waals surface area contributed by atoms with Crippen molar-refractivity contribution in [2.45, 2.75) is 13.3 Å². The van der Waals surface area contributed by atoms with Crippen LogP contribution in [0.1, 0.15) is 23.9 Å². The first-order valence-electron chi connectivity index (χ1n) is 8.36. The van der Waals surface area contributed by atoms with Crippen LogP contribution in [-0.2, 0) is 13.5 Å². The third-order valence-electron chi connectivity index (χ3n) is 4.11. The van der Waals surface area contributed by atoms with Crippen molar-refractivity contribution in [2.75, 3.05) is 0 Å². The van der Waals surface area contributed by atoms with Crippen LogP contribution in [-0.4, -0.2) is 19.3 Å². The maximum atomic E-state index is 13.7. The molecule has 134 valence electrons. The van der Waals surface area contributed by atoms with Crippen LogP contribution >= 0.6 is 11.3 Å². The number of thiophene rings is 1. The number of hydrogen-bond acceptors (Lipinski definition) is 4. The molecule has 5 nitrogen and oxygen atoms in total. The van der Waals surface area contributed by atoms with Gasteiger partial charge in [0.1, 0.15) is 16.5 Å². The summed E-state index contributed by atoms with van der Waals surface area (Å²) in [5.74, 6) is 6.26. The Bertz CT molecular complexity index is 1270. The van der Waals surface area contributed by atoms with Gasteiger partial charge in [0, 0.05) is 25.0 Å². The third kappa shape index (κ3) is 3.15. The van der Waals surface area contributed by atoms with Crippen LogP contribution in [0.4, 0.5) is 4.39 Å². The first-order valence-corrected chi connectivity index (χ1v) is 9.24. The van der Waals surface area contributed by atoms with E-state index >= 15 is 0 Å². The molecule has 3 heterocycles. The van der Waals surface area contributed by atoms with Gasteiger partial charge in [-0.25, -0.2) is 9.37 Å². The van der Waals surface area contributed by atoms with E-state index in [1.54, 1.807) is 29.2 Å². The summed E-state index contributed by atoms with van der Waals surface area (Å²) in [7, 11) is 1.82. The van der Waals surface area contributed by atoms with E-state index in [0.29, 0.717) is 33.7 Å². The number of benzene rings is 1. The molecule has 4 rings (SSSR count). The van der Waals surface area contributed by atoms with Gasteiger partial charge in [0.2, 0.25) is 0 Å². The predicted molar refractivity (Wildman–Crippen MR) is 104 cm³/mol. The van der Waals surface area contributed by atoms with Crippen LogP contribution in [0.3, 0.4) is 0 Å². The van der Waals surface area contributed by atoms with Crippen molar-refractivity contribution in [3.63, 3.8) is 0 Å². The van der Waals surface area contributed by atoms with E-state index < -0.39 is 5.82 Å². The van der Waals surface area contributed by atoms with Crippen LogP contribution in [0.15, 0.2) is 46.8 Å². The Kier molecular flexibility index (Phi) is 4.34. The fourth-order valence-electron chi connectivity index (χ4n) is 2.87. The van der Waals surface area contributed by atoms with Gasteiger partial charge in [0.25, 0.3) is 5.56 Å². The van der Waals surface area contributed by atoms with Gasteiger partial charge < -0.3 is 0 Å². The molecule has 0 saturated carbocycles. The Labute approximate surface area is 158 Å². The molecule has 1 aromatic carbocycles.